The molecule has 2 aromatic rings. The van der Waals surface area contributed by atoms with Gasteiger partial charge in [-0.2, -0.15) is 0 Å². The summed E-state index contributed by atoms with van der Waals surface area (Å²) in [6.07, 6.45) is 0. The van der Waals surface area contributed by atoms with Crippen LogP contribution in [0, 0.1) is 12.7 Å². The van der Waals surface area contributed by atoms with Crippen molar-refractivity contribution in [3.63, 3.8) is 0 Å². The van der Waals surface area contributed by atoms with Gasteiger partial charge in [-0.15, -0.1) is 0 Å². The van der Waals surface area contributed by atoms with Crippen molar-refractivity contribution >= 4 is 16.8 Å². The molecule has 1 heterocycles. The van der Waals surface area contributed by atoms with E-state index in [0.717, 1.165) is 5.69 Å². The zero-order valence-electron chi connectivity index (χ0n) is 10.4. The van der Waals surface area contributed by atoms with Gasteiger partial charge in [0.1, 0.15) is 0 Å². The third-order valence-electron chi connectivity index (χ3n) is 2.37. The lowest BCUT2D eigenvalue weighted by atomic mass is 10.2. The Morgan fingerprint density at radius 2 is 1.88 bits per heavy atom. The van der Waals surface area contributed by atoms with E-state index in [1.165, 1.54) is 23.6 Å². The first kappa shape index (κ1) is 13.2. The number of nitrogens with zero attached hydrogens (tertiary/aromatic N) is 1. The Labute approximate surface area is 99.5 Å². The Balaban J connectivity index is 0.000000686. The quantitative estimate of drug-likeness (QED) is 0.762. The molecule has 1 N–H and O–H groups in total. The Hall–Kier alpha value is -1.84. The van der Waals surface area contributed by atoms with E-state index < -0.39 is 11.6 Å². The maximum atomic E-state index is 13.1. The number of hydrogen-bond donors (Lipinski definition) is 1. The van der Waals surface area contributed by atoms with Gasteiger partial charge in [-0.1, -0.05) is 13.8 Å². The third kappa shape index (κ3) is 2.30. The molecular formula is C13H16FNO2. The molecule has 0 radical (unpaired) electrons. The fourth-order valence-electron chi connectivity index (χ4n) is 1.77. The summed E-state index contributed by atoms with van der Waals surface area (Å²) in [4.78, 5) is 11.3. The molecule has 0 spiro atoms. The fourth-order valence-corrected chi connectivity index (χ4v) is 1.77. The summed E-state index contributed by atoms with van der Waals surface area (Å²) in [5.41, 5.74) is 1.21. The highest BCUT2D eigenvalue weighted by molar-refractivity contribution is 5.93. The molecule has 0 aliphatic carbocycles. The summed E-state index contributed by atoms with van der Waals surface area (Å²) in [6.45, 7) is 7.17. The minimum atomic E-state index is -0.719. The smallest absolute Gasteiger partial charge is 0.228 e. The van der Waals surface area contributed by atoms with Gasteiger partial charge in [0.05, 0.1) is 5.52 Å². The summed E-state index contributed by atoms with van der Waals surface area (Å²) in [6, 6.07) is 4.21. The molecule has 3 nitrogen and oxygen atoms in total. The molecule has 4 heteroatoms. The number of benzene rings is 1. The normalized spacial score (nSPS) is 9.94. The lowest BCUT2D eigenvalue weighted by molar-refractivity contribution is 0.0939. The third-order valence-corrected chi connectivity index (χ3v) is 2.37. The molecular weight excluding hydrogens is 221 g/mol. The maximum Gasteiger partial charge on any atom is 0.228 e. The van der Waals surface area contributed by atoms with E-state index in [2.05, 4.69) is 0 Å². The molecule has 0 saturated heterocycles. The maximum absolute atomic E-state index is 13.1. The summed E-state index contributed by atoms with van der Waals surface area (Å²) in [7, 11) is 0. The molecule has 2 rings (SSSR count). The molecule has 0 aliphatic heterocycles. The molecule has 0 bridgehead atoms. The van der Waals surface area contributed by atoms with E-state index in [1.54, 1.807) is 13.0 Å². The number of rotatable bonds is 0. The van der Waals surface area contributed by atoms with Crippen molar-refractivity contribution in [2.24, 2.45) is 0 Å². The first-order valence-corrected chi connectivity index (χ1v) is 5.52. The van der Waals surface area contributed by atoms with Crippen molar-refractivity contribution in [3.05, 3.63) is 29.7 Å². The van der Waals surface area contributed by atoms with Crippen LogP contribution in [-0.4, -0.2) is 15.6 Å². The molecule has 1 aromatic carbocycles. The van der Waals surface area contributed by atoms with Crippen LogP contribution >= 0.6 is 0 Å². The summed E-state index contributed by atoms with van der Waals surface area (Å²) < 4.78 is 14.5. The zero-order valence-corrected chi connectivity index (χ0v) is 10.4. The number of halogens is 1. The SMILES string of the molecule is CC.CC(=O)n1c(C)cc2cc(O)c(F)cc21. The van der Waals surface area contributed by atoms with Crippen molar-refractivity contribution < 1.29 is 14.3 Å². The van der Waals surface area contributed by atoms with Gasteiger partial charge in [0.15, 0.2) is 11.6 Å². The molecule has 1 aromatic heterocycles. The van der Waals surface area contributed by atoms with Gasteiger partial charge in [0.2, 0.25) is 5.91 Å². The van der Waals surface area contributed by atoms with Crippen LogP contribution in [0.1, 0.15) is 31.3 Å². The van der Waals surface area contributed by atoms with E-state index in [1.807, 2.05) is 13.8 Å². The first-order chi connectivity index (χ1) is 8.00. The Kier molecular flexibility index (Phi) is 3.89. The van der Waals surface area contributed by atoms with Crippen molar-refractivity contribution in [2.75, 3.05) is 0 Å². The van der Waals surface area contributed by atoms with Crippen molar-refractivity contribution in [1.82, 2.24) is 4.57 Å². The van der Waals surface area contributed by atoms with Gasteiger partial charge in [0, 0.05) is 24.1 Å². The minimum Gasteiger partial charge on any atom is -0.505 e. The Morgan fingerprint density at radius 3 is 2.41 bits per heavy atom. The number of fused-ring (bicyclic) bond motifs is 1. The van der Waals surface area contributed by atoms with E-state index >= 15 is 0 Å². The largest absolute Gasteiger partial charge is 0.505 e. The van der Waals surface area contributed by atoms with Crippen LogP contribution in [0.5, 0.6) is 5.75 Å². The molecule has 0 unspecified atom stereocenters. The van der Waals surface area contributed by atoms with E-state index in [9.17, 15) is 14.3 Å². The summed E-state index contributed by atoms with van der Waals surface area (Å²) >= 11 is 0. The number of aromatic hydroxyl groups is 1. The molecule has 17 heavy (non-hydrogen) atoms. The minimum absolute atomic E-state index is 0.174. The van der Waals surface area contributed by atoms with Crippen LogP contribution in [0.2, 0.25) is 0 Å². The standard InChI is InChI=1S/C11H10FNO2.C2H6/c1-6-3-8-4-11(15)9(12)5-10(8)13(6)7(2)14;1-2/h3-5,15H,1-2H3;1-2H3. The van der Waals surface area contributed by atoms with E-state index in [4.69, 9.17) is 0 Å². The van der Waals surface area contributed by atoms with E-state index in [-0.39, 0.29) is 5.91 Å². The van der Waals surface area contributed by atoms with Gasteiger partial charge < -0.3 is 5.11 Å². The van der Waals surface area contributed by atoms with Crippen LogP contribution in [0.3, 0.4) is 0 Å². The number of aryl methyl sites for hydroxylation is 1. The second-order valence-corrected chi connectivity index (χ2v) is 3.50. The number of hydrogen-bond acceptors (Lipinski definition) is 2. The first-order valence-electron chi connectivity index (χ1n) is 5.52. The molecule has 0 aliphatic rings. The topological polar surface area (TPSA) is 42.2 Å². The van der Waals surface area contributed by atoms with Crippen LogP contribution in [0.15, 0.2) is 18.2 Å². The highest BCUT2D eigenvalue weighted by atomic mass is 19.1. The number of phenolic OH excluding ortho intramolecular Hbond substituents is 1. The Bertz CT molecular complexity index is 558. The highest BCUT2D eigenvalue weighted by Gasteiger charge is 2.12. The fraction of sp³-hybridized carbons (Fsp3) is 0.308. The van der Waals surface area contributed by atoms with Crippen LogP contribution in [0.4, 0.5) is 4.39 Å². The molecule has 0 atom stereocenters. The van der Waals surface area contributed by atoms with Gasteiger partial charge in [-0.25, -0.2) is 4.39 Å². The monoisotopic (exact) mass is 237 g/mol. The number of carbonyl (C=O) groups is 1. The van der Waals surface area contributed by atoms with Gasteiger partial charge in [0.25, 0.3) is 0 Å². The Morgan fingerprint density at radius 1 is 1.29 bits per heavy atom. The van der Waals surface area contributed by atoms with Crippen molar-refractivity contribution in [3.8, 4) is 5.75 Å². The lowest BCUT2D eigenvalue weighted by Crippen LogP contribution is -2.06. The second-order valence-electron chi connectivity index (χ2n) is 3.50. The molecule has 0 saturated carbocycles. The highest BCUT2D eigenvalue weighted by Crippen LogP contribution is 2.26. The predicted octanol–water partition coefficient (Wildman–Crippen LogP) is 3.48. The molecule has 0 amide bonds. The van der Waals surface area contributed by atoms with Gasteiger partial charge in [-0.3, -0.25) is 9.36 Å². The number of aromatic nitrogens is 1. The van der Waals surface area contributed by atoms with Crippen LogP contribution < -0.4 is 0 Å². The number of phenols is 1. The van der Waals surface area contributed by atoms with Gasteiger partial charge in [-0.05, 0) is 19.1 Å². The zero-order chi connectivity index (χ0) is 13.2. The van der Waals surface area contributed by atoms with E-state index in [0.29, 0.717) is 10.9 Å². The average molecular weight is 237 g/mol. The summed E-state index contributed by atoms with van der Waals surface area (Å²) in [5.74, 6) is -1.29. The van der Waals surface area contributed by atoms with Gasteiger partial charge >= 0.3 is 0 Å². The number of carbonyl (C=O) groups excluding carboxylic acids is 1. The molecule has 0 fully saturated rings. The second kappa shape index (κ2) is 4.99. The summed E-state index contributed by atoms with van der Waals surface area (Å²) in [5, 5.41) is 9.84. The van der Waals surface area contributed by atoms with Crippen LogP contribution in [0.25, 0.3) is 10.9 Å². The average Bonchev–Trinajstić information content (AvgIpc) is 2.57. The lowest BCUT2D eigenvalue weighted by Gasteiger charge is -2.02. The van der Waals surface area contributed by atoms with Crippen LogP contribution in [-0.2, 0) is 0 Å². The predicted molar refractivity (Wildman–Crippen MR) is 65.9 cm³/mol. The van der Waals surface area contributed by atoms with Crippen molar-refractivity contribution in [1.29, 1.82) is 0 Å². The van der Waals surface area contributed by atoms with Crippen molar-refractivity contribution in [2.45, 2.75) is 27.7 Å². The molecule has 92 valence electrons.